The number of benzene rings is 1. The standard InChI is InChI=1S/C20H21N3OS/c1-15-12-21-19-14-23(20(24)10-9-17-8-5-11-25-17)18(13-22(15)19)16-6-3-2-4-7-16/h2-8,11-12,18H,9-10,13-14H2,1H3/t18-/m0/s1. The molecule has 0 bridgehead atoms. The van der Waals surface area contributed by atoms with Crippen LogP contribution in [0.15, 0.2) is 54.0 Å². The molecule has 5 heteroatoms. The second kappa shape index (κ2) is 6.84. The van der Waals surface area contributed by atoms with Gasteiger partial charge in [-0.25, -0.2) is 4.98 Å². The van der Waals surface area contributed by atoms with Crippen LogP contribution in [0.5, 0.6) is 0 Å². The Bertz CT molecular complexity index is 854. The van der Waals surface area contributed by atoms with Crippen molar-refractivity contribution in [1.82, 2.24) is 14.5 Å². The number of aromatic nitrogens is 2. The summed E-state index contributed by atoms with van der Waals surface area (Å²) in [5.41, 5.74) is 2.34. The summed E-state index contributed by atoms with van der Waals surface area (Å²) in [4.78, 5) is 20.8. The lowest BCUT2D eigenvalue weighted by Gasteiger charge is -2.37. The van der Waals surface area contributed by atoms with Gasteiger partial charge in [0.15, 0.2) is 0 Å². The summed E-state index contributed by atoms with van der Waals surface area (Å²) < 4.78 is 2.24. The van der Waals surface area contributed by atoms with Gasteiger partial charge in [-0.15, -0.1) is 11.3 Å². The summed E-state index contributed by atoms with van der Waals surface area (Å²) in [6.45, 7) is 3.43. The highest BCUT2D eigenvalue weighted by molar-refractivity contribution is 7.09. The molecule has 4 rings (SSSR count). The van der Waals surface area contributed by atoms with Crippen LogP contribution in [-0.2, 0) is 24.3 Å². The fraction of sp³-hybridized carbons (Fsp3) is 0.300. The number of hydrogen-bond donors (Lipinski definition) is 0. The Morgan fingerprint density at radius 2 is 2.08 bits per heavy atom. The minimum atomic E-state index is 0.0671. The number of amides is 1. The molecule has 2 aromatic heterocycles. The molecule has 1 aliphatic rings. The SMILES string of the molecule is Cc1cnc2n1C[C@@H](c1ccccc1)N(C(=O)CCc1cccs1)C2. The zero-order valence-electron chi connectivity index (χ0n) is 14.3. The predicted molar refractivity (Wildman–Crippen MR) is 99.3 cm³/mol. The molecule has 0 fully saturated rings. The van der Waals surface area contributed by atoms with Crippen LogP contribution in [0.25, 0.3) is 0 Å². The predicted octanol–water partition coefficient (Wildman–Crippen LogP) is 3.97. The van der Waals surface area contributed by atoms with Crippen LogP contribution in [0, 0.1) is 6.92 Å². The molecule has 1 atom stereocenters. The first-order valence-corrected chi connectivity index (χ1v) is 9.48. The number of nitrogens with zero attached hydrogens (tertiary/aromatic N) is 3. The Morgan fingerprint density at radius 3 is 2.84 bits per heavy atom. The van der Waals surface area contributed by atoms with Crippen molar-refractivity contribution in [3.8, 4) is 0 Å². The number of hydrogen-bond acceptors (Lipinski definition) is 3. The summed E-state index contributed by atoms with van der Waals surface area (Å²) >= 11 is 1.71. The summed E-state index contributed by atoms with van der Waals surface area (Å²) in [6, 6.07) is 14.5. The molecule has 0 spiro atoms. The zero-order chi connectivity index (χ0) is 17.2. The number of fused-ring (bicyclic) bond motifs is 1. The van der Waals surface area contributed by atoms with Crippen molar-refractivity contribution < 1.29 is 4.79 Å². The summed E-state index contributed by atoms with van der Waals surface area (Å²) in [6.07, 6.45) is 3.25. The fourth-order valence-electron chi connectivity index (χ4n) is 3.47. The lowest BCUT2D eigenvalue weighted by Crippen LogP contribution is -2.41. The normalized spacial score (nSPS) is 16.7. The van der Waals surface area contributed by atoms with Crippen LogP contribution in [0.1, 0.15) is 34.4 Å². The van der Waals surface area contributed by atoms with E-state index in [1.54, 1.807) is 11.3 Å². The molecule has 0 N–H and O–H groups in total. The Hall–Kier alpha value is -2.40. The highest BCUT2D eigenvalue weighted by atomic mass is 32.1. The highest BCUT2D eigenvalue weighted by Gasteiger charge is 2.31. The van der Waals surface area contributed by atoms with E-state index >= 15 is 0 Å². The van der Waals surface area contributed by atoms with Crippen LogP contribution in [-0.4, -0.2) is 20.4 Å². The van der Waals surface area contributed by atoms with Crippen LogP contribution in [0.3, 0.4) is 0 Å². The first kappa shape index (κ1) is 16.1. The van der Waals surface area contributed by atoms with Crippen molar-refractivity contribution >= 4 is 17.2 Å². The first-order chi connectivity index (χ1) is 12.2. The fourth-order valence-corrected chi connectivity index (χ4v) is 4.18. The van der Waals surface area contributed by atoms with Crippen LogP contribution >= 0.6 is 11.3 Å². The van der Waals surface area contributed by atoms with E-state index in [4.69, 9.17) is 0 Å². The van der Waals surface area contributed by atoms with E-state index in [0.29, 0.717) is 13.0 Å². The molecule has 0 saturated heterocycles. The van der Waals surface area contributed by atoms with Gasteiger partial charge >= 0.3 is 0 Å². The maximum atomic E-state index is 13.0. The third-order valence-corrected chi connectivity index (χ3v) is 5.79. The molecule has 25 heavy (non-hydrogen) atoms. The monoisotopic (exact) mass is 351 g/mol. The smallest absolute Gasteiger partial charge is 0.223 e. The highest BCUT2D eigenvalue weighted by Crippen LogP contribution is 2.31. The second-order valence-corrected chi connectivity index (χ2v) is 7.49. The lowest BCUT2D eigenvalue weighted by atomic mass is 10.0. The maximum absolute atomic E-state index is 13.0. The van der Waals surface area contributed by atoms with E-state index in [1.165, 1.54) is 10.4 Å². The third kappa shape index (κ3) is 3.24. The average molecular weight is 351 g/mol. The number of imidazole rings is 1. The van der Waals surface area contributed by atoms with Gasteiger partial charge in [-0.1, -0.05) is 36.4 Å². The van der Waals surface area contributed by atoms with Gasteiger partial charge in [0.2, 0.25) is 5.91 Å². The van der Waals surface area contributed by atoms with Crippen LogP contribution < -0.4 is 0 Å². The van der Waals surface area contributed by atoms with E-state index in [1.807, 2.05) is 35.4 Å². The number of carbonyl (C=O) groups excluding carboxylic acids is 1. The van der Waals surface area contributed by atoms with Crippen molar-refractivity contribution in [2.75, 3.05) is 0 Å². The molecular weight excluding hydrogens is 330 g/mol. The maximum Gasteiger partial charge on any atom is 0.223 e. The van der Waals surface area contributed by atoms with Gasteiger partial charge in [0.05, 0.1) is 12.6 Å². The largest absolute Gasteiger partial charge is 0.328 e. The summed E-state index contributed by atoms with van der Waals surface area (Å²) in [5.74, 6) is 1.18. The van der Waals surface area contributed by atoms with E-state index in [0.717, 1.165) is 24.5 Å². The van der Waals surface area contributed by atoms with Crippen molar-refractivity contribution in [2.45, 2.75) is 38.9 Å². The van der Waals surface area contributed by atoms with Gasteiger partial charge in [0, 0.05) is 29.7 Å². The van der Waals surface area contributed by atoms with Gasteiger partial charge < -0.3 is 9.47 Å². The van der Waals surface area contributed by atoms with Gasteiger partial charge in [-0.3, -0.25) is 4.79 Å². The molecule has 3 heterocycles. The van der Waals surface area contributed by atoms with Gasteiger partial charge in [-0.05, 0) is 30.4 Å². The van der Waals surface area contributed by atoms with Crippen molar-refractivity contribution in [3.63, 3.8) is 0 Å². The second-order valence-electron chi connectivity index (χ2n) is 6.45. The summed E-state index contributed by atoms with van der Waals surface area (Å²) in [7, 11) is 0. The zero-order valence-corrected chi connectivity index (χ0v) is 15.1. The molecule has 128 valence electrons. The van der Waals surface area contributed by atoms with E-state index < -0.39 is 0 Å². The van der Waals surface area contributed by atoms with Crippen molar-refractivity contribution in [2.24, 2.45) is 0 Å². The minimum absolute atomic E-state index is 0.0671. The minimum Gasteiger partial charge on any atom is -0.328 e. The quantitative estimate of drug-likeness (QED) is 0.713. The molecule has 3 aromatic rings. The van der Waals surface area contributed by atoms with E-state index in [9.17, 15) is 4.79 Å². The Kier molecular flexibility index (Phi) is 4.40. The Balaban J connectivity index is 1.59. The molecule has 1 amide bonds. The van der Waals surface area contributed by atoms with Gasteiger partial charge in [-0.2, -0.15) is 0 Å². The topological polar surface area (TPSA) is 38.1 Å². The number of aryl methyl sites for hydroxylation is 2. The number of carbonyl (C=O) groups is 1. The van der Waals surface area contributed by atoms with Crippen LogP contribution in [0.2, 0.25) is 0 Å². The van der Waals surface area contributed by atoms with Gasteiger partial charge in [0.1, 0.15) is 5.82 Å². The lowest BCUT2D eigenvalue weighted by molar-refractivity contribution is -0.135. The van der Waals surface area contributed by atoms with E-state index in [-0.39, 0.29) is 11.9 Å². The molecule has 4 nitrogen and oxygen atoms in total. The third-order valence-electron chi connectivity index (χ3n) is 4.85. The number of rotatable bonds is 4. The first-order valence-electron chi connectivity index (χ1n) is 8.60. The average Bonchev–Trinajstić information content (AvgIpc) is 3.29. The molecule has 1 aliphatic heterocycles. The molecule has 0 unspecified atom stereocenters. The van der Waals surface area contributed by atoms with Crippen molar-refractivity contribution in [3.05, 3.63) is 76.0 Å². The Morgan fingerprint density at radius 1 is 1.24 bits per heavy atom. The number of thiophene rings is 1. The molecule has 0 saturated carbocycles. The molecular formula is C20H21N3OS. The van der Waals surface area contributed by atoms with E-state index in [2.05, 4.69) is 40.1 Å². The molecule has 0 radical (unpaired) electrons. The summed E-state index contributed by atoms with van der Waals surface area (Å²) in [5, 5.41) is 2.06. The Labute approximate surface area is 151 Å². The molecule has 0 aliphatic carbocycles. The molecule has 1 aromatic carbocycles. The van der Waals surface area contributed by atoms with Crippen LogP contribution in [0.4, 0.5) is 0 Å². The van der Waals surface area contributed by atoms with Crippen molar-refractivity contribution in [1.29, 1.82) is 0 Å². The van der Waals surface area contributed by atoms with Gasteiger partial charge in [0.25, 0.3) is 0 Å².